The molecular formula is C9H12F3NO3. The van der Waals surface area contributed by atoms with E-state index in [4.69, 9.17) is 5.11 Å². The third-order valence-corrected chi connectivity index (χ3v) is 2.98. The zero-order chi connectivity index (χ0) is 12.7. The lowest BCUT2D eigenvalue weighted by Gasteiger charge is -2.45. The average molecular weight is 239 g/mol. The van der Waals surface area contributed by atoms with Gasteiger partial charge in [-0.3, -0.25) is 9.59 Å². The largest absolute Gasteiger partial charge is 0.481 e. The van der Waals surface area contributed by atoms with Gasteiger partial charge in [-0.05, 0) is 13.8 Å². The molecule has 0 bridgehead atoms. The molecule has 4 nitrogen and oxygen atoms in total. The minimum absolute atomic E-state index is 0.155. The van der Waals surface area contributed by atoms with E-state index in [1.807, 2.05) is 0 Å². The molecule has 7 heteroatoms. The number of likely N-dealkylation sites (tertiary alicyclic amines) is 1. The van der Waals surface area contributed by atoms with Crippen molar-refractivity contribution in [3.05, 3.63) is 0 Å². The van der Waals surface area contributed by atoms with Crippen molar-refractivity contribution < 1.29 is 27.9 Å². The van der Waals surface area contributed by atoms with Crippen LogP contribution in [0.4, 0.5) is 13.2 Å². The molecule has 0 spiro atoms. The first-order valence-corrected chi connectivity index (χ1v) is 4.66. The fourth-order valence-corrected chi connectivity index (χ4v) is 1.45. The summed E-state index contributed by atoms with van der Waals surface area (Å²) in [6.45, 7) is 2.57. The van der Waals surface area contributed by atoms with Crippen molar-refractivity contribution >= 4 is 11.9 Å². The molecule has 1 heterocycles. The zero-order valence-electron chi connectivity index (χ0n) is 8.84. The quantitative estimate of drug-likeness (QED) is 0.785. The van der Waals surface area contributed by atoms with Gasteiger partial charge < -0.3 is 10.0 Å². The molecule has 1 aliphatic heterocycles. The van der Waals surface area contributed by atoms with Gasteiger partial charge in [0.15, 0.2) is 0 Å². The highest BCUT2D eigenvalue weighted by molar-refractivity contribution is 5.83. The number of carbonyl (C=O) groups is 2. The first kappa shape index (κ1) is 12.8. The minimum Gasteiger partial charge on any atom is -0.481 e. The third kappa shape index (κ3) is 2.12. The Balaban J connectivity index is 2.57. The van der Waals surface area contributed by atoms with Gasteiger partial charge in [-0.25, -0.2) is 0 Å². The van der Waals surface area contributed by atoms with Crippen LogP contribution in [0.2, 0.25) is 0 Å². The molecule has 1 saturated heterocycles. The Bertz CT molecular complexity index is 318. The molecule has 0 unspecified atom stereocenters. The van der Waals surface area contributed by atoms with E-state index in [-0.39, 0.29) is 13.1 Å². The number of carboxylic acids is 1. The minimum atomic E-state index is -4.88. The molecule has 1 N–H and O–H groups in total. The number of hydrogen-bond acceptors (Lipinski definition) is 2. The molecule has 16 heavy (non-hydrogen) atoms. The predicted octanol–water partition coefficient (Wildman–Crippen LogP) is 1.12. The smallest absolute Gasteiger partial charge is 0.471 e. The van der Waals surface area contributed by atoms with Crippen molar-refractivity contribution in [2.24, 2.45) is 11.3 Å². The molecule has 92 valence electrons. The van der Waals surface area contributed by atoms with Gasteiger partial charge in [0.2, 0.25) is 0 Å². The Kier molecular flexibility index (Phi) is 2.91. The third-order valence-electron chi connectivity index (χ3n) is 2.98. The molecule has 1 aliphatic rings. The number of rotatable bonds is 2. The van der Waals surface area contributed by atoms with Crippen molar-refractivity contribution in [2.75, 3.05) is 13.1 Å². The standard InChI is InChI=1S/C9H12F3NO3/c1-8(2,7(15)16)5-3-13(4-5)6(14)9(10,11)12/h5H,3-4H2,1-2H3,(H,15,16). The maximum atomic E-state index is 12.0. The summed E-state index contributed by atoms with van der Waals surface area (Å²) in [5, 5.41) is 8.84. The number of amides is 1. The molecule has 0 aromatic rings. The van der Waals surface area contributed by atoms with Crippen molar-refractivity contribution in [3.63, 3.8) is 0 Å². The predicted molar refractivity (Wildman–Crippen MR) is 47.5 cm³/mol. The highest BCUT2D eigenvalue weighted by atomic mass is 19.4. The summed E-state index contributed by atoms with van der Waals surface area (Å²) in [7, 11) is 0. The van der Waals surface area contributed by atoms with Gasteiger partial charge in [-0.15, -0.1) is 0 Å². The molecule has 0 radical (unpaired) electrons. The molecule has 0 atom stereocenters. The van der Waals surface area contributed by atoms with E-state index >= 15 is 0 Å². The van der Waals surface area contributed by atoms with Crippen LogP contribution in [0.5, 0.6) is 0 Å². The van der Waals surface area contributed by atoms with Crippen LogP contribution in [0, 0.1) is 11.3 Å². The summed E-state index contributed by atoms with van der Waals surface area (Å²) in [5.41, 5.74) is -1.11. The monoisotopic (exact) mass is 239 g/mol. The second-order valence-electron chi connectivity index (χ2n) is 4.43. The van der Waals surface area contributed by atoms with Crippen LogP contribution in [0.3, 0.4) is 0 Å². The maximum absolute atomic E-state index is 12.0. The molecule has 0 saturated carbocycles. The van der Waals surface area contributed by atoms with Gasteiger partial charge in [-0.1, -0.05) is 0 Å². The summed E-state index contributed by atoms with van der Waals surface area (Å²) in [6, 6.07) is 0. The number of hydrogen-bond donors (Lipinski definition) is 1. The van der Waals surface area contributed by atoms with Crippen molar-refractivity contribution in [1.82, 2.24) is 4.90 Å². The fraction of sp³-hybridized carbons (Fsp3) is 0.778. The maximum Gasteiger partial charge on any atom is 0.471 e. The second-order valence-corrected chi connectivity index (χ2v) is 4.43. The van der Waals surface area contributed by atoms with Crippen molar-refractivity contribution in [2.45, 2.75) is 20.0 Å². The molecule has 1 fully saturated rings. The van der Waals surface area contributed by atoms with Crippen LogP contribution in [0.15, 0.2) is 0 Å². The van der Waals surface area contributed by atoms with Gasteiger partial charge in [-0.2, -0.15) is 13.2 Å². The number of nitrogens with zero attached hydrogens (tertiary/aromatic N) is 1. The van der Waals surface area contributed by atoms with E-state index in [2.05, 4.69) is 0 Å². The Morgan fingerprint density at radius 1 is 1.25 bits per heavy atom. The summed E-state index contributed by atoms with van der Waals surface area (Å²) >= 11 is 0. The first-order chi connectivity index (χ1) is 7.06. The van der Waals surface area contributed by atoms with E-state index in [1.165, 1.54) is 13.8 Å². The van der Waals surface area contributed by atoms with Crippen LogP contribution in [0.25, 0.3) is 0 Å². The summed E-state index contributed by atoms with van der Waals surface area (Å²) < 4.78 is 36.0. The second kappa shape index (κ2) is 3.64. The van der Waals surface area contributed by atoms with E-state index in [0.29, 0.717) is 4.90 Å². The van der Waals surface area contributed by atoms with Crippen LogP contribution < -0.4 is 0 Å². The normalized spacial score (nSPS) is 18.2. The van der Waals surface area contributed by atoms with E-state index in [9.17, 15) is 22.8 Å². The van der Waals surface area contributed by atoms with Gasteiger partial charge in [0, 0.05) is 19.0 Å². The number of aliphatic carboxylic acids is 1. The summed E-state index contributed by atoms with van der Waals surface area (Å²) in [4.78, 5) is 22.2. The number of carboxylic acid groups (broad SMARTS) is 1. The Hall–Kier alpha value is -1.27. The molecule has 0 aliphatic carbocycles. The van der Waals surface area contributed by atoms with Gasteiger partial charge in [0.1, 0.15) is 0 Å². The molecule has 0 aromatic carbocycles. The fourth-order valence-electron chi connectivity index (χ4n) is 1.45. The lowest BCUT2D eigenvalue weighted by Crippen LogP contribution is -2.59. The lowest BCUT2D eigenvalue weighted by molar-refractivity contribution is -0.195. The van der Waals surface area contributed by atoms with Gasteiger partial charge in [0.05, 0.1) is 5.41 Å². The Labute approximate surface area is 90.0 Å². The summed E-state index contributed by atoms with van der Waals surface area (Å²) in [5.74, 6) is -3.40. The van der Waals surface area contributed by atoms with Crippen molar-refractivity contribution in [1.29, 1.82) is 0 Å². The van der Waals surface area contributed by atoms with Crippen LogP contribution in [0.1, 0.15) is 13.8 Å². The number of carbonyl (C=O) groups excluding carboxylic acids is 1. The number of halogens is 3. The Morgan fingerprint density at radius 3 is 2.00 bits per heavy atom. The summed E-state index contributed by atoms with van der Waals surface area (Å²) in [6.07, 6.45) is -4.88. The average Bonchev–Trinajstić information content (AvgIpc) is 1.98. The van der Waals surface area contributed by atoms with Crippen LogP contribution in [-0.4, -0.2) is 41.1 Å². The molecular weight excluding hydrogens is 227 g/mol. The van der Waals surface area contributed by atoms with E-state index in [1.54, 1.807) is 0 Å². The lowest BCUT2D eigenvalue weighted by atomic mass is 9.74. The molecule has 1 rings (SSSR count). The number of alkyl halides is 3. The van der Waals surface area contributed by atoms with E-state index < -0.39 is 29.4 Å². The van der Waals surface area contributed by atoms with Gasteiger partial charge >= 0.3 is 18.1 Å². The van der Waals surface area contributed by atoms with E-state index in [0.717, 1.165) is 0 Å². The highest BCUT2D eigenvalue weighted by Crippen LogP contribution is 2.36. The SMILES string of the molecule is CC(C)(C(=O)O)C1CN(C(=O)C(F)(F)F)C1. The first-order valence-electron chi connectivity index (χ1n) is 4.66. The van der Waals surface area contributed by atoms with Crippen molar-refractivity contribution in [3.8, 4) is 0 Å². The molecule has 0 aromatic heterocycles. The molecule has 1 amide bonds. The van der Waals surface area contributed by atoms with Crippen LogP contribution >= 0.6 is 0 Å². The Morgan fingerprint density at radius 2 is 1.69 bits per heavy atom. The van der Waals surface area contributed by atoms with Gasteiger partial charge in [0.25, 0.3) is 0 Å². The zero-order valence-corrected chi connectivity index (χ0v) is 8.84. The van der Waals surface area contributed by atoms with Crippen LogP contribution in [-0.2, 0) is 9.59 Å². The highest BCUT2D eigenvalue weighted by Gasteiger charge is 2.51. The topological polar surface area (TPSA) is 57.6 Å².